The number of rotatable bonds is 6. The zero-order chi connectivity index (χ0) is 17.9. The van der Waals surface area contributed by atoms with Crippen LogP contribution >= 0.6 is 0 Å². The molecule has 2 rings (SSSR count). The maximum Gasteiger partial charge on any atom is 0.272 e. The van der Waals surface area contributed by atoms with Crippen molar-refractivity contribution in [2.45, 2.75) is 33.2 Å². The molecule has 1 heterocycles. The van der Waals surface area contributed by atoms with E-state index in [1.807, 2.05) is 13.8 Å². The molecule has 1 aromatic carbocycles. The minimum absolute atomic E-state index is 0.0637. The van der Waals surface area contributed by atoms with Gasteiger partial charge in [-0.1, -0.05) is 13.8 Å². The summed E-state index contributed by atoms with van der Waals surface area (Å²) in [5, 5.41) is 16.2. The second kappa shape index (κ2) is 7.53. The SMILES string of the molecule is Cc1cc(C(=O)NC(CO)CC(C)C)nn1-c1ccc(F)cc1F. The molecule has 0 aliphatic heterocycles. The molecule has 7 heteroatoms. The summed E-state index contributed by atoms with van der Waals surface area (Å²) in [6.07, 6.45) is 0.633. The quantitative estimate of drug-likeness (QED) is 0.851. The Kier molecular flexibility index (Phi) is 5.66. The van der Waals surface area contributed by atoms with Crippen molar-refractivity contribution >= 4 is 5.91 Å². The lowest BCUT2D eigenvalue weighted by Gasteiger charge is -2.17. The van der Waals surface area contributed by atoms with Gasteiger partial charge in [0.15, 0.2) is 11.5 Å². The monoisotopic (exact) mass is 337 g/mol. The van der Waals surface area contributed by atoms with Gasteiger partial charge in [-0.3, -0.25) is 4.79 Å². The number of aryl methyl sites for hydroxylation is 1. The number of nitrogens with one attached hydrogen (secondary N) is 1. The first-order valence-corrected chi connectivity index (χ1v) is 7.75. The lowest BCUT2D eigenvalue weighted by Crippen LogP contribution is -2.38. The van der Waals surface area contributed by atoms with E-state index in [0.717, 1.165) is 12.1 Å². The van der Waals surface area contributed by atoms with Gasteiger partial charge in [0.2, 0.25) is 0 Å². The number of nitrogens with zero attached hydrogens (tertiary/aromatic N) is 2. The van der Waals surface area contributed by atoms with E-state index in [9.17, 15) is 18.7 Å². The van der Waals surface area contributed by atoms with Crippen LogP contribution in [0.2, 0.25) is 0 Å². The molecule has 2 N–H and O–H groups in total. The van der Waals surface area contributed by atoms with Crippen molar-refractivity contribution in [1.82, 2.24) is 15.1 Å². The molecule has 0 fully saturated rings. The summed E-state index contributed by atoms with van der Waals surface area (Å²) in [6.45, 7) is 5.48. The maximum absolute atomic E-state index is 13.9. The Morgan fingerprint density at radius 1 is 1.33 bits per heavy atom. The predicted octanol–water partition coefficient (Wildman–Crippen LogP) is 2.60. The number of carbonyl (C=O) groups is 1. The molecule has 1 amide bonds. The molecule has 1 atom stereocenters. The summed E-state index contributed by atoms with van der Waals surface area (Å²) in [4.78, 5) is 12.3. The minimum atomic E-state index is -0.763. The third kappa shape index (κ3) is 4.17. The van der Waals surface area contributed by atoms with Crippen molar-refractivity contribution in [3.8, 4) is 5.69 Å². The molecule has 0 saturated heterocycles. The number of hydrogen-bond acceptors (Lipinski definition) is 3. The highest BCUT2D eigenvalue weighted by Gasteiger charge is 2.19. The normalized spacial score (nSPS) is 12.5. The Morgan fingerprint density at radius 2 is 2.04 bits per heavy atom. The van der Waals surface area contributed by atoms with E-state index in [1.54, 1.807) is 6.92 Å². The molecular weight excluding hydrogens is 316 g/mol. The molecule has 1 aromatic heterocycles. The maximum atomic E-state index is 13.9. The van der Waals surface area contributed by atoms with Crippen LogP contribution in [-0.2, 0) is 0 Å². The fraction of sp³-hybridized carbons (Fsp3) is 0.412. The highest BCUT2D eigenvalue weighted by molar-refractivity contribution is 5.92. The van der Waals surface area contributed by atoms with Gasteiger partial charge in [0.25, 0.3) is 5.91 Å². The van der Waals surface area contributed by atoms with Gasteiger partial charge in [0.1, 0.15) is 11.5 Å². The Labute approximate surface area is 139 Å². The zero-order valence-electron chi connectivity index (χ0n) is 13.9. The van der Waals surface area contributed by atoms with Crippen LogP contribution in [-0.4, -0.2) is 33.4 Å². The first-order chi connectivity index (χ1) is 11.3. The van der Waals surface area contributed by atoms with Gasteiger partial charge in [0, 0.05) is 11.8 Å². The molecule has 24 heavy (non-hydrogen) atoms. The lowest BCUT2D eigenvalue weighted by molar-refractivity contribution is 0.0903. The molecule has 0 aliphatic carbocycles. The van der Waals surface area contributed by atoms with Crippen LogP contribution in [0.4, 0.5) is 8.78 Å². The van der Waals surface area contributed by atoms with E-state index in [4.69, 9.17) is 0 Å². The van der Waals surface area contributed by atoms with Crippen LogP contribution in [0.5, 0.6) is 0 Å². The van der Waals surface area contributed by atoms with Crippen molar-refractivity contribution < 1.29 is 18.7 Å². The number of amides is 1. The number of aliphatic hydroxyl groups excluding tert-OH is 1. The van der Waals surface area contributed by atoms with Crippen molar-refractivity contribution in [2.75, 3.05) is 6.61 Å². The smallest absolute Gasteiger partial charge is 0.272 e. The highest BCUT2D eigenvalue weighted by atomic mass is 19.1. The van der Waals surface area contributed by atoms with Gasteiger partial charge in [0.05, 0.1) is 12.6 Å². The average Bonchev–Trinajstić information content (AvgIpc) is 2.88. The fourth-order valence-electron chi connectivity index (χ4n) is 2.49. The largest absolute Gasteiger partial charge is 0.394 e. The van der Waals surface area contributed by atoms with Gasteiger partial charge >= 0.3 is 0 Å². The number of aromatic nitrogens is 2. The Bertz CT molecular complexity index is 729. The number of carbonyl (C=O) groups excluding carboxylic acids is 1. The van der Waals surface area contributed by atoms with Crippen LogP contribution in [0.25, 0.3) is 5.69 Å². The molecule has 5 nitrogen and oxygen atoms in total. The van der Waals surface area contributed by atoms with Gasteiger partial charge in [-0.25, -0.2) is 13.5 Å². The summed E-state index contributed by atoms with van der Waals surface area (Å²) >= 11 is 0. The average molecular weight is 337 g/mol. The molecule has 0 bridgehead atoms. The van der Waals surface area contributed by atoms with Crippen LogP contribution in [0.3, 0.4) is 0 Å². The predicted molar refractivity (Wildman–Crippen MR) is 86.0 cm³/mol. The second-order valence-corrected chi connectivity index (χ2v) is 6.16. The molecule has 0 spiro atoms. The number of aliphatic hydroxyl groups is 1. The molecular formula is C17H21F2N3O2. The molecule has 1 unspecified atom stereocenters. The number of benzene rings is 1. The minimum Gasteiger partial charge on any atom is -0.394 e. The standard InChI is InChI=1S/C17H21F2N3O2/c1-10(2)6-13(9-23)20-17(24)15-7-11(3)22(21-15)16-5-4-12(18)8-14(16)19/h4-5,7-8,10,13,23H,6,9H2,1-3H3,(H,20,24). The van der Waals surface area contributed by atoms with E-state index >= 15 is 0 Å². The lowest BCUT2D eigenvalue weighted by atomic mass is 10.0. The van der Waals surface area contributed by atoms with E-state index in [2.05, 4.69) is 10.4 Å². The Balaban J connectivity index is 2.23. The van der Waals surface area contributed by atoms with Crippen LogP contribution < -0.4 is 5.32 Å². The van der Waals surface area contributed by atoms with Crippen LogP contribution in [0, 0.1) is 24.5 Å². The molecule has 0 radical (unpaired) electrons. The number of hydrogen-bond donors (Lipinski definition) is 2. The summed E-state index contributed by atoms with van der Waals surface area (Å²) < 4.78 is 28.2. The molecule has 130 valence electrons. The van der Waals surface area contributed by atoms with E-state index in [0.29, 0.717) is 18.0 Å². The number of halogens is 2. The first-order valence-electron chi connectivity index (χ1n) is 7.75. The van der Waals surface area contributed by atoms with Crippen molar-refractivity contribution in [3.05, 3.63) is 47.3 Å². The van der Waals surface area contributed by atoms with E-state index < -0.39 is 17.5 Å². The van der Waals surface area contributed by atoms with Gasteiger partial charge in [-0.15, -0.1) is 0 Å². The molecule has 0 saturated carbocycles. The summed E-state index contributed by atoms with van der Waals surface area (Å²) in [6, 6.07) is 4.30. The van der Waals surface area contributed by atoms with Crippen LogP contribution in [0.1, 0.15) is 36.5 Å². The highest BCUT2D eigenvalue weighted by Crippen LogP contribution is 2.17. The molecule has 2 aromatic rings. The third-order valence-electron chi connectivity index (χ3n) is 3.57. The fourth-order valence-corrected chi connectivity index (χ4v) is 2.49. The van der Waals surface area contributed by atoms with E-state index in [1.165, 1.54) is 16.8 Å². The van der Waals surface area contributed by atoms with Crippen LogP contribution in [0.15, 0.2) is 24.3 Å². The topological polar surface area (TPSA) is 67.2 Å². The Morgan fingerprint density at radius 3 is 2.62 bits per heavy atom. The molecule has 0 aliphatic rings. The van der Waals surface area contributed by atoms with Gasteiger partial charge in [-0.2, -0.15) is 5.10 Å². The second-order valence-electron chi connectivity index (χ2n) is 6.16. The summed E-state index contributed by atoms with van der Waals surface area (Å²) in [5.74, 6) is -1.58. The van der Waals surface area contributed by atoms with Crippen molar-refractivity contribution in [2.24, 2.45) is 5.92 Å². The van der Waals surface area contributed by atoms with E-state index in [-0.39, 0.29) is 24.0 Å². The third-order valence-corrected chi connectivity index (χ3v) is 3.57. The summed E-state index contributed by atoms with van der Waals surface area (Å²) in [5.41, 5.74) is 0.710. The summed E-state index contributed by atoms with van der Waals surface area (Å²) in [7, 11) is 0. The van der Waals surface area contributed by atoms with Gasteiger partial charge < -0.3 is 10.4 Å². The van der Waals surface area contributed by atoms with Crippen molar-refractivity contribution in [1.29, 1.82) is 0 Å². The Hall–Kier alpha value is -2.28. The van der Waals surface area contributed by atoms with Crippen molar-refractivity contribution in [3.63, 3.8) is 0 Å². The zero-order valence-corrected chi connectivity index (χ0v) is 13.9. The van der Waals surface area contributed by atoms with Gasteiger partial charge in [-0.05, 0) is 37.5 Å². The first kappa shape index (κ1) is 18.1.